The number of benzene rings is 1. The van der Waals surface area contributed by atoms with E-state index < -0.39 is 22.9 Å². The van der Waals surface area contributed by atoms with Gasteiger partial charge >= 0.3 is 5.97 Å². The molecule has 0 aliphatic carbocycles. The lowest BCUT2D eigenvalue weighted by Gasteiger charge is -2.14. The summed E-state index contributed by atoms with van der Waals surface area (Å²) in [6, 6.07) is 3.61. The van der Waals surface area contributed by atoms with E-state index in [1.54, 1.807) is 13.8 Å². The molecule has 0 aliphatic rings. The van der Waals surface area contributed by atoms with Gasteiger partial charge < -0.3 is 14.6 Å². The van der Waals surface area contributed by atoms with Crippen molar-refractivity contribution in [1.82, 2.24) is 5.16 Å². The minimum atomic E-state index is -1.17. The molecule has 132 valence electrons. The van der Waals surface area contributed by atoms with E-state index in [2.05, 4.69) is 10.5 Å². The fraction of sp³-hybridized carbons (Fsp3) is 0.267. The molecule has 2 aromatic rings. The van der Waals surface area contributed by atoms with Gasteiger partial charge in [0, 0.05) is 12.1 Å². The molecule has 0 saturated heterocycles. The highest BCUT2D eigenvalue weighted by atomic mass is 35.5. The molecular weight excluding hydrogens is 354 g/mol. The Bertz CT molecular complexity index is 828. The second kappa shape index (κ2) is 7.31. The number of halogens is 1. The molecule has 9 nitrogen and oxygen atoms in total. The van der Waals surface area contributed by atoms with Crippen molar-refractivity contribution in [3.8, 4) is 0 Å². The number of carbonyl (C=O) groups excluding carboxylic acids is 2. The molecule has 0 unspecified atom stereocenters. The molecule has 0 saturated carbocycles. The summed E-state index contributed by atoms with van der Waals surface area (Å²) in [5, 5.41) is 16.9. The van der Waals surface area contributed by atoms with Crippen LogP contribution in [0.3, 0.4) is 0 Å². The highest BCUT2D eigenvalue weighted by Gasteiger charge is 2.25. The number of ether oxygens (including phenoxy) is 1. The Balaban J connectivity index is 2.09. The van der Waals surface area contributed by atoms with Crippen LogP contribution in [0.4, 0.5) is 11.4 Å². The van der Waals surface area contributed by atoms with E-state index in [9.17, 15) is 19.7 Å². The maximum absolute atomic E-state index is 12.2. The SMILES string of the molecule is Cc1noc(C)c1C(=O)O[C@@H](C)C(=O)Nc1cc([N+](=O)[O-])ccc1Cl. The average Bonchev–Trinajstić information content (AvgIpc) is 2.87. The quantitative estimate of drug-likeness (QED) is 0.489. The lowest BCUT2D eigenvalue weighted by atomic mass is 10.2. The van der Waals surface area contributed by atoms with Gasteiger partial charge in [-0.2, -0.15) is 0 Å². The molecule has 1 N–H and O–H groups in total. The predicted octanol–water partition coefficient (Wildman–Crippen LogP) is 3.04. The number of hydrogen-bond acceptors (Lipinski definition) is 7. The number of carbonyl (C=O) groups is 2. The number of rotatable bonds is 5. The first kappa shape index (κ1) is 18.4. The number of aryl methyl sites for hydroxylation is 2. The first-order valence-corrected chi connectivity index (χ1v) is 7.47. The third-order valence-electron chi connectivity index (χ3n) is 3.31. The second-order valence-electron chi connectivity index (χ2n) is 5.16. The summed E-state index contributed by atoms with van der Waals surface area (Å²) in [6.07, 6.45) is -1.17. The third kappa shape index (κ3) is 4.13. The Morgan fingerprint density at radius 2 is 2.08 bits per heavy atom. The first-order chi connectivity index (χ1) is 11.7. The molecule has 1 aromatic carbocycles. The van der Waals surface area contributed by atoms with E-state index in [1.807, 2.05) is 0 Å². The van der Waals surface area contributed by atoms with Crippen LogP contribution in [0, 0.1) is 24.0 Å². The molecule has 0 radical (unpaired) electrons. The van der Waals surface area contributed by atoms with Crippen molar-refractivity contribution < 1.29 is 23.8 Å². The zero-order valence-electron chi connectivity index (χ0n) is 13.5. The molecule has 1 aromatic heterocycles. The summed E-state index contributed by atoms with van der Waals surface area (Å²) >= 11 is 5.91. The molecular formula is C15H14ClN3O6. The molecule has 10 heteroatoms. The van der Waals surface area contributed by atoms with Gasteiger partial charge in [-0.1, -0.05) is 16.8 Å². The molecule has 1 amide bonds. The molecule has 0 aliphatic heterocycles. The van der Waals surface area contributed by atoms with Gasteiger partial charge in [0.2, 0.25) is 0 Å². The van der Waals surface area contributed by atoms with Crippen LogP contribution >= 0.6 is 11.6 Å². The van der Waals surface area contributed by atoms with Gasteiger partial charge in [-0.3, -0.25) is 14.9 Å². The maximum Gasteiger partial charge on any atom is 0.344 e. The Morgan fingerprint density at radius 3 is 2.64 bits per heavy atom. The van der Waals surface area contributed by atoms with Crippen molar-refractivity contribution in [2.45, 2.75) is 26.9 Å². The molecule has 2 rings (SSSR count). The lowest BCUT2D eigenvalue weighted by molar-refractivity contribution is -0.384. The van der Waals surface area contributed by atoms with Crippen molar-refractivity contribution in [3.63, 3.8) is 0 Å². The largest absolute Gasteiger partial charge is 0.449 e. The van der Waals surface area contributed by atoms with E-state index >= 15 is 0 Å². The van der Waals surface area contributed by atoms with Crippen LogP contribution in [0.1, 0.15) is 28.7 Å². The van der Waals surface area contributed by atoms with E-state index in [0.717, 1.165) is 6.07 Å². The van der Waals surface area contributed by atoms with E-state index in [1.165, 1.54) is 19.1 Å². The number of anilines is 1. The number of aromatic nitrogens is 1. The number of esters is 1. The fourth-order valence-electron chi connectivity index (χ4n) is 2.00. The number of non-ortho nitro benzene ring substituents is 1. The minimum absolute atomic E-state index is 0.0427. The van der Waals surface area contributed by atoms with Crippen molar-refractivity contribution >= 4 is 34.9 Å². The summed E-state index contributed by atoms with van der Waals surface area (Å²) in [6.45, 7) is 4.47. The zero-order chi connectivity index (χ0) is 18.7. The van der Waals surface area contributed by atoms with Crippen LogP contribution in [0.15, 0.2) is 22.7 Å². The number of nitrogens with zero attached hydrogens (tertiary/aromatic N) is 2. The summed E-state index contributed by atoms with van der Waals surface area (Å²) < 4.78 is 9.95. The van der Waals surface area contributed by atoms with Crippen LogP contribution in [-0.4, -0.2) is 28.1 Å². The monoisotopic (exact) mass is 367 g/mol. The Labute approximate surface area is 147 Å². The van der Waals surface area contributed by atoms with Gasteiger partial charge in [0.25, 0.3) is 11.6 Å². The molecule has 0 spiro atoms. The Hall–Kier alpha value is -2.94. The van der Waals surface area contributed by atoms with Gasteiger partial charge in [-0.15, -0.1) is 0 Å². The van der Waals surface area contributed by atoms with Crippen LogP contribution in [-0.2, 0) is 9.53 Å². The van der Waals surface area contributed by atoms with E-state index in [-0.39, 0.29) is 27.7 Å². The highest BCUT2D eigenvalue weighted by molar-refractivity contribution is 6.33. The van der Waals surface area contributed by atoms with Crippen molar-refractivity contribution in [1.29, 1.82) is 0 Å². The minimum Gasteiger partial charge on any atom is -0.449 e. The average molecular weight is 368 g/mol. The molecule has 1 atom stereocenters. The summed E-state index contributed by atoms with van der Waals surface area (Å²) in [4.78, 5) is 34.4. The second-order valence-corrected chi connectivity index (χ2v) is 5.56. The van der Waals surface area contributed by atoms with E-state index in [0.29, 0.717) is 5.69 Å². The van der Waals surface area contributed by atoms with Crippen LogP contribution in [0.2, 0.25) is 5.02 Å². The summed E-state index contributed by atoms with van der Waals surface area (Å²) in [5.41, 5.74) is 0.297. The van der Waals surface area contributed by atoms with Gasteiger partial charge in [0.15, 0.2) is 6.10 Å². The Morgan fingerprint density at radius 1 is 1.40 bits per heavy atom. The molecule has 0 fully saturated rings. The summed E-state index contributed by atoms with van der Waals surface area (Å²) in [7, 11) is 0. The van der Waals surface area contributed by atoms with Gasteiger partial charge in [0.05, 0.1) is 21.3 Å². The van der Waals surface area contributed by atoms with Crippen molar-refractivity contribution in [2.75, 3.05) is 5.32 Å². The standard InChI is InChI=1S/C15H14ClN3O6/c1-7-13(8(2)25-18-7)15(21)24-9(3)14(20)17-12-6-10(19(22)23)4-5-11(12)16/h4-6,9H,1-3H3,(H,17,20)/t9-/m0/s1. The first-order valence-electron chi connectivity index (χ1n) is 7.09. The van der Waals surface area contributed by atoms with Crippen molar-refractivity contribution in [2.24, 2.45) is 0 Å². The maximum atomic E-state index is 12.2. The molecule has 1 heterocycles. The molecule has 0 bridgehead atoms. The number of hydrogen-bond donors (Lipinski definition) is 1. The number of nitrogens with one attached hydrogen (secondary N) is 1. The Kier molecular flexibility index (Phi) is 5.38. The van der Waals surface area contributed by atoms with Gasteiger partial charge in [-0.25, -0.2) is 4.79 Å². The van der Waals surface area contributed by atoms with E-state index in [4.69, 9.17) is 20.9 Å². The normalized spacial score (nSPS) is 11.7. The third-order valence-corrected chi connectivity index (χ3v) is 3.64. The van der Waals surface area contributed by atoms with Gasteiger partial charge in [-0.05, 0) is 26.8 Å². The number of nitro groups is 1. The number of nitro benzene ring substituents is 1. The van der Waals surface area contributed by atoms with Crippen molar-refractivity contribution in [3.05, 3.63) is 50.4 Å². The van der Waals surface area contributed by atoms with Crippen LogP contribution < -0.4 is 5.32 Å². The fourth-order valence-corrected chi connectivity index (χ4v) is 2.17. The lowest BCUT2D eigenvalue weighted by Crippen LogP contribution is -2.30. The van der Waals surface area contributed by atoms with Crippen LogP contribution in [0.25, 0.3) is 0 Å². The van der Waals surface area contributed by atoms with Crippen LogP contribution in [0.5, 0.6) is 0 Å². The molecule has 25 heavy (non-hydrogen) atoms. The topological polar surface area (TPSA) is 125 Å². The number of amides is 1. The highest BCUT2D eigenvalue weighted by Crippen LogP contribution is 2.27. The predicted molar refractivity (Wildman–Crippen MR) is 87.6 cm³/mol. The van der Waals surface area contributed by atoms with Gasteiger partial charge in [0.1, 0.15) is 11.3 Å². The zero-order valence-corrected chi connectivity index (χ0v) is 14.3. The summed E-state index contributed by atoms with van der Waals surface area (Å²) in [5.74, 6) is -1.18. The smallest absolute Gasteiger partial charge is 0.344 e.